The first kappa shape index (κ1) is 13.4. The summed E-state index contributed by atoms with van der Waals surface area (Å²) in [5, 5.41) is 0. The zero-order chi connectivity index (χ0) is 12.1. The van der Waals surface area contributed by atoms with Crippen LogP contribution in [0.1, 0.15) is 24.2 Å². The highest BCUT2D eigenvalue weighted by Gasteiger charge is 2.12. The number of ketones is 1. The highest BCUT2D eigenvalue weighted by atomic mass is 79.9. The summed E-state index contributed by atoms with van der Waals surface area (Å²) in [6, 6.07) is 7.56. The standard InChI is InChI=1S/C13H18BrNO/c1-10(2)8-15(3)9-13(16)11-6-4-5-7-12(11)14/h4-7,10H,8-9H2,1-3H3. The van der Waals surface area contributed by atoms with Crippen molar-refractivity contribution in [1.82, 2.24) is 4.90 Å². The molecule has 0 spiro atoms. The van der Waals surface area contributed by atoms with Crippen LogP contribution in [0.15, 0.2) is 28.7 Å². The van der Waals surface area contributed by atoms with E-state index in [9.17, 15) is 4.79 Å². The van der Waals surface area contributed by atoms with Gasteiger partial charge in [-0.2, -0.15) is 0 Å². The molecule has 88 valence electrons. The molecule has 16 heavy (non-hydrogen) atoms. The first-order valence-corrected chi connectivity index (χ1v) is 6.26. The summed E-state index contributed by atoms with van der Waals surface area (Å²) in [4.78, 5) is 14.0. The van der Waals surface area contributed by atoms with Crippen LogP contribution in [0.3, 0.4) is 0 Å². The van der Waals surface area contributed by atoms with Crippen LogP contribution in [0.2, 0.25) is 0 Å². The molecule has 0 saturated carbocycles. The molecule has 2 nitrogen and oxygen atoms in total. The fourth-order valence-electron chi connectivity index (χ4n) is 1.71. The molecular weight excluding hydrogens is 266 g/mol. The lowest BCUT2D eigenvalue weighted by Gasteiger charge is -2.18. The largest absolute Gasteiger partial charge is 0.299 e. The average Bonchev–Trinajstić information content (AvgIpc) is 2.16. The van der Waals surface area contributed by atoms with Crippen molar-refractivity contribution in [2.75, 3.05) is 20.1 Å². The SMILES string of the molecule is CC(C)CN(C)CC(=O)c1ccccc1Br. The monoisotopic (exact) mass is 283 g/mol. The molecule has 0 atom stereocenters. The maximum absolute atomic E-state index is 12.0. The summed E-state index contributed by atoms with van der Waals surface area (Å²) < 4.78 is 0.873. The van der Waals surface area contributed by atoms with E-state index in [0.29, 0.717) is 12.5 Å². The smallest absolute Gasteiger partial charge is 0.177 e. The van der Waals surface area contributed by atoms with E-state index in [1.807, 2.05) is 31.3 Å². The Balaban J connectivity index is 2.63. The van der Waals surface area contributed by atoms with E-state index in [4.69, 9.17) is 0 Å². The van der Waals surface area contributed by atoms with Gasteiger partial charge in [0.05, 0.1) is 6.54 Å². The molecule has 0 aliphatic carbocycles. The third-order valence-corrected chi connectivity index (χ3v) is 2.96. The number of nitrogens with zero attached hydrogens (tertiary/aromatic N) is 1. The van der Waals surface area contributed by atoms with Crippen molar-refractivity contribution in [3.63, 3.8) is 0 Å². The first-order valence-electron chi connectivity index (χ1n) is 5.47. The van der Waals surface area contributed by atoms with Gasteiger partial charge in [0.2, 0.25) is 0 Å². The van der Waals surface area contributed by atoms with E-state index >= 15 is 0 Å². The quantitative estimate of drug-likeness (QED) is 0.774. The molecule has 0 unspecified atom stereocenters. The second-order valence-corrected chi connectivity index (χ2v) is 5.35. The second kappa shape index (κ2) is 6.16. The molecule has 1 aromatic rings. The van der Waals surface area contributed by atoms with E-state index in [1.54, 1.807) is 0 Å². The number of benzene rings is 1. The number of hydrogen-bond donors (Lipinski definition) is 0. The Morgan fingerprint density at radius 3 is 2.56 bits per heavy atom. The van der Waals surface area contributed by atoms with Gasteiger partial charge in [0.15, 0.2) is 5.78 Å². The van der Waals surface area contributed by atoms with Crippen molar-refractivity contribution in [3.05, 3.63) is 34.3 Å². The molecule has 0 amide bonds. The molecule has 0 aliphatic rings. The lowest BCUT2D eigenvalue weighted by Crippen LogP contribution is -2.29. The first-order chi connectivity index (χ1) is 7.50. The van der Waals surface area contributed by atoms with Crippen molar-refractivity contribution >= 4 is 21.7 Å². The third-order valence-electron chi connectivity index (χ3n) is 2.26. The third kappa shape index (κ3) is 4.06. The number of hydrogen-bond acceptors (Lipinski definition) is 2. The van der Waals surface area contributed by atoms with E-state index in [2.05, 4.69) is 34.7 Å². The Morgan fingerprint density at radius 2 is 2.00 bits per heavy atom. The van der Waals surface area contributed by atoms with Crippen LogP contribution in [-0.2, 0) is 0 Å². The van der Waals surface area contributed by atoms with Crippen LogP contribution < -0.4 is 0 Å². The number of halogens is 1. The van der Waals surface area contributed by atoms with E-state index in [1.165, 1.54) is 0 Å². The highest BCUT2D eigenvalue weighted by molar-refractivity contribution is 9.10. The Bertz CT molecular complexity index is 363. The topological polar surface area (TPSA) is 20.3 Å². The minimum atomic E-state index is 0.163. The van der Waals surface area contributed by atoms with Crippen LogP contribution in [0.25, 0.3) is 0 Å². The number of Topliss-reactive ketones (excluding diaryl/α,β-unsaturated/α-hetero) is 1. The van der Waals surface area contributed by atoms with E-state index < -0.39 is 0 Å². The summed E-state index contributed by atoms with van der Waals surface area (Å²) in [5.74, 6) is 0.743. The molecule has 0 heterocycles. The van der Waals surface area contributed by atoms with Crippen molar-refractivity contribution in [1.29, 1.82) is 0 Å². The minimum Gasteiger partial charge on any atom is -0.299 e. The molecule has 1 rings (SSSR count). The van der Waals surface area contributed by atoms with Crippen LogP contribution in [0.5, 0.6) is 0 Å². The van der Waals surface area contributed by atoms with Crippen molar-refractivity contribution in [3.8, 4) is 0 Å². The van der Waals surface area contributed by atoms with Gasteiger partial charge in [-0.3, -0.25) is 9.69 Å². The van der Waals surface area contributed by atoms with Gasteiger partial charge in [-0.1, -0.05) is 48.0 Å². The van der Waals surface area contributed by atoms with Gasteiger partial charge in [-0.15, -0.1) is 0 Å². The van der Waals surface area contributed by atoms with Gasteiger partial charge < -0.3 is 0 Å². The molecule has 0 fully saturated rings. The van der Waals surface area contributed by atoms with E-state index in [0.717, 1.165) is 16.6 Å². The molecule has 0 saturated heterocycles. The summed E-state index contributed by atoms with van der Waals surface area (Å²) in [5.41, 5.74) is 0.762. The Morgan fingerprint density at radius 1 is 1.38 bits per heavy atom. The average molecular weight is 284 g/mol. The zero-order valence-corrected chi connectivity index (χ0v) is 11.6. The van der Waals surface area contributed by atoms with E-state index in [-0.39, 0.29) is 5.78 Å². The van der Waals surface area contributed by atoms with Gasteiger partial charge >= 0.3 is 0 Å². The Hall–Kier alpha value is -0.670. The van der Waals surface area contributed by atoms with Crippen molar-refractivity contribution < 1.29 is 4.79 Å². The molecule has 0 N–H and O–H groups in total. The summed E-state index contributed by atoms with van der Waals surface area (Å²) >= 11 is 3.40. The van der Waals surface area contributed by atoms with Crippen molar-refractivity contribution in [2.24, 2.45) is 5.92 Å². The van der Waals surface area contributed by atoms with Crippen LogP contribution in [0, 0.1) is 5.92 Å². The second-order valence-electron chi connectivity index (χ2n) is 4.49. The summed E-state index contributed by atoms with van der Waals surface area (Å²) in [6.45, 7) is 5.72. The van der Waals surface area contributed by atoms with Gasteiger partial charge in [-0.05, 0) is 19.0 Å². The lowest BCUT2D eigenvalue weighted by molar-refractivity contribution is 0.0940. The zero-order valence-electron chi connectivity index (χ0n) is 10.0. The maximum Gasteiger partial charge on any atom is 0.177 e. The normalized spacial score (nSPS) is 11.1. The summed E-state index contributed by atoms with van der Waals surface area (Å²) in [7, 11) is 1.98. The number of likely N-dealkylation sites (N-methyl/N-ethyl adjacent to an activating group) is 1. The maximum atomic E-state index is 12.0. The molecule has 0 bridgehead atoms. The number of rotatable bonds is 5. The molecular formula is C13H18BrNO. The van der Waals surface area contributed by atoms with Gasteiger partial charge in [0.1, 0.15) is 0 Å². The Kier molecular flexibility index (Phi) is 5.16. The molecule has 0 radical (unpaired) electrons. The Labute approximate surface area is 106 Å². The van der Waals surface area contributed by atoms with Gasteiger partial charge in [-0.25, -0.2) is 0 Å². The number of carbonyl (C=O) groups is 1. The number of carbonyl (C=O) groups excluding carboxylic acids is 1. The molecule has 0 aromatic heterocycles. The minimum absolute atomic E-state index is 0.163. The molecule has 0 aliphatic heterocycles. The fourth-order valence-corrected chi connectivity index (χ4v) is 2.21. The van der Waals surface area contributed by atoms with Gasteiger partial charge in [0.25, 0.3) is 0 Å². The molecule has 3 heteroatoms. The molecule has 1 aromatic carbocycles. The van der Waals surface area contributed by atoms with Crippen LogP contribution >= 0.6 is 15.9 Å². The fraction of sp³-hybridized carbons (Fsp3) is 0.462. The predicted octanol–water partition coefficient (Wildman–Crippen LogP) is 3.22. The lowest BCUT2D eigenvalue weighted by atomic mass is 10.1. The summed E-state index contributed by atoms with van der Waals surface area (Å²) in [6.07, 6.45) is 0. The van der Waals surface area contributed by atoms with Gasteiger partial charge in [0, 0.05) is 16.6 Å². The highest BCUT2D eigenvalue weighted by Crippen LogP contribution is 2.16. The van der Waals surface area contributed by atoms with Crippen LogP contribution in [-0.4, -0.2) is 30.8 Å². The predicted molar refractivity (Wildman–Crippen MR) is 70.8 cm³/mol. The van der Waals surface area contributed by atoms with Crippen molar-refractivity contribution in [2.45, 2.75) is 13.8 Å². The van der Waals surface area contributed by atoms with Crippen LogP contribution in [0.4, 0.5) is 0 Å².